The highest BCUT2D eigenvalue weighted by molar-refractivity contribution is 6.31. The number of halogens is 1. The van der Waals surface area contributed by atoms with Crippen molar-refractivity contribution in [1.82, 2.24) is 9.88 Å². The van der Waals surface area contributed by atoms with Gasteiger partial charge in [0.15, 0.2) is 0 Å². The van der Waals surface area contributed by atoms with Crippen LogP contribution in [0.2, 0.25) is 5.02 Å². The molecule has 174 valence electrons. The van der Waals surface area contributed by atoms with Crippen molar-refractivity contribution in [2.24, 2.45) is 5.41 Å². The molecule has 0 spiro atoms. The van der Waals surface area contributed by atoms with Gasteiger partial charge in [-0.15, -0.1) is 0 Å². The van der Waals surface area contributed by atoms with Crippen LogP contribution in [0.15, 0.2) is 36.4 Å². The number of ether oxygens (including phenoxy) is 1. The van der Waals surface area contributed by atoms with Gasteiger partial charge in [-0.3, -0.25) is 0 Å². The van der Waals surface area contributed by atoms with Crippen molar-refractivity contribution in [3.05, 3.63) is 41.4 Å². The zero-order chi connectivity index (χ0) is 23.1. The molecule has 0 unspecified atom stereocenters. The molecule has 0 radical (unpaired) electrons. The molecule has 0 bridgehead atoms. The van der Waals surface area contributed by atoms with E-state index in [1.807, 2.05) is 24.3 Å². The van der Waals surface area contributed by atoms with Gasteiger partial charge in [0.2, 0.25) is 0 Å². The van der Waals surface area contributed by atoms with E-state index >= 15 is 0 Å². The monoisotopic (exact) mass is 455 g/mol. The number of anilines is 1. The molecule has 0 saturated carbocycles. The minimum atomic E-state index is 0.120. The van der Waals surface area contributed by atoms with Crippen molar-refractivity contribution < 1.29 is 4.74 Å². The summed E-state index contributed by atoms with van der Waals surface area (Å²) in [7, 11) is 1.70. The van der Waals surface area contributed by atoms with E-state index in [1.54, 1.807) is 7.11 Å². The second-order valence-electron chi connectivity index (χ2n) is 9.53. The topological polar surface area (TPSA) is 37.4 Å². The Morgan fingerprint density at radius 3 is 2.34 bits per heavy atom. The van der Waals surface area contributed by atoms with E-state index < -0.39 is 0 Å². The quantitative estimate of drug-likeness (QED) is 0.289. The van der Waals surface area contributed by atoms with Crippen molar-refractivity contribution in [1.29, 1.82) is 0 Å². The minimum absolute atomic E-state index is 0.120. The highest BCUT2D eigenvalue weighted by Gasteiger charge is 2.22. The summed E-state index contributed by atoms with van der Waals surface area (Å²) in [6, 6.07) is 12.0. The molecule has 0 aliphatic carbocycles. The van der Waals surface area contributed by atoms with Crippen LogP contribution >= 0.6 is 11.6 Å². The average molecular weight is 456 g/mol. The lowest BCUT2D eigenvalue weighted by Gasteiger charge is -2.33. The smallest absolute Gasteiger partial charge is 0.119 e. The molecule has 0 atom stereocenters. The van der Waals surface area contributed by atoms with Crippen LogP contribution in [-0.2, 0) is 0 Å². The standard InChI is InChI=1S/C27H38ClN3O/c1-6-8-14-31(15-9-7-2)19-27(3,4)18-29-26-22-12-10-20(28)16-25(22)30-24-13-11-21(32-5)17-23(24)26/h10-13,16-17H,6-9,14-15,18-19H2,1-5H3,(H,29,30). The third-order valence-electron chi connectivity index (χ3n) is 5.99. The Labute approximate surface area is 198 Å². The molecule has 0 fully saturated rings. The first kappa shape index (κ1) is 24.6. The fourth-order valence-electron chi connectivity index (χ4n) is 4.24. The Kier molecular flexibility index (Phi) is 8.61. The Morgan fingerprint density at radius 1 is 0.969 bits per heavy atom. The molecule has 0 aliphatic heterocycles. The van der Waals surface area contributed by atoms with Crippen LogP contribution in [0, 0.1) is 5.41 Å². The van der Waals surface area contributed by atoms with E-state index in [2.05, 4.69) is 50.0 Å². The second kappa shape index (κ2) is 11.2. The number of hydrogen-bond donors (Lipinski definition) is 1. The number of pyridine rings is 1. The molecule has 1 heterocycles. The van der Waals surface area contributed by atoms with Crippen molar-refractivity contribution in [2.45, 2.75) is 53.4 Å². The van der Waals surface area contributed by atoms with E-state index in [-0.39, 0.29) is 5.41 Å². The second-order valence-corrected chi connectivity index (χ2v) is 9.97. The summed E-state index contributed by atoms with van der Waals surface area (Å²) in [4.78, 5) is 7.49. The predicted octanol–water partition coefficient (Wildman–Crippen LogP) is 7.39. The maximum absolute atomic E-state index is 6.27. The van der Waals surface area contributed by atoms with E-state index in [0.717, 1.165) is 46.3 Å². The Bertz CT molecular complexity index is 1030. The van der Waals surface area contributed by atoms with Crippen molar-refractivity contribution in [3.63, 3.8) is 0 Å². The van der Waals surface area contributed by atoms with Gasteiger partial charge in [-0.25, -0.2) is 4.98 Å². The van der Waals surface area contributed by atoms with Crippen molar-refractivity contribution >= 4 is 39.1 Å². The zero-order valence-electron chi connectivity index (χ0n) is 20.3. The third-order valence-corrected chi connectivity index (χ3v) is 6.23. The van der Waals surface area contributed by atoms with Crippen molar-refractivity contribution in [3.8, 4) is 5.75 Å². The van der Waals surface area contributed by atoms with Gasteiger partial charge in [0.1, 0.15) is 5.75 Å². The van der Waals surface area contributed by atoms with E-state index in [9.17, 15) is 0 Å². The van der Waals surface area contributed by atoms with Crippen LogP contribution < -0.4 is 10.1 Å². The summed E-state index contributed by atoms with van der Waals surface area (Å²) < 4.78 is 5.50. The molecule has 5 heteroatoms. The Balaban J connectivity index is 1.90. The van der Waals surface area contributed by atoms with Crippen LogP contribution in [0.5, 0.6) is 5.75 Å². The molecule has 0 aliphatic rings. The number of aromatic nitrogens is 1. The average Bonchev–Trinajstić information content (AvgIpc) is 2.77. The maximum Gasteiger partial charge on any atom is 0.119 e. The zero-order valence-corrected chi connectivity index (χ0v) is 21.1. The number of rotatable bonds is 12. The fraction of sp³-hybridized carbons (Fsp3) is 0.519. The highest BCUT2D eigenvalue weighted by Crippen LogP contribution is 2.35. The van der Waals surface area contributed by atoms with Crippen LogP contribution in [0.1, 0.15) is 53.4 Å². The summed E-state index contributed by atoms with van der Waals surface area (Å²) in [6.45, 7) is 13.6. The van der Waals surface area contributed by atoms with Crippen LogP contribution in [0.3, 0.4) is 0 Å². The molecule has 0 amide bonds. The largest absolute Gasteiger partial charge is 0.497 e. The minimum Gasteiger partial charge on any atom is -0.497 e. The van der Waals surface area contributed by atoms with Crippen LogP contribution in [-0.4, -0.2) is 43.2 Å². The first-order valence-corrected chi connectivity index (χ1v) is 12.3. The summed E-state index contributed by atoms with van der Waals surface area (Å²) in [6.07, 6.45) is 4.99. The molecule has 3 rings (SSSR count). The summed E-state index contributed by atoms with van der Waals surface area (Å²) in [5.74, 6) is 0.834. The van der Waals surface area contributed by atoms with Crippen LogP contribution in [0.25, 0.3) is 21.8 Å². The first-order valence-electron chi connectivity index (χ1n) is 11.9. The molecule has 0 saturated heterocycles. The molecular weight excluding hydrogens is 418 g/mol. The lowest BCUT2D eigenvalue weighted by molar-refractivity contribution is 0.181. The predicted molar refractivity (Wildman–Crippen MR) is 139 cm³/mol. The van der Waals surface area contributed by atoms with E-state index in [0.29, 0.717) is 5.02 Å². The molecule has 1 aromatic heterocycles. The molecule has 32 heavy (non-hydrogen) atoms. The van der Waals surface area contributed by atoms with Gasteiger partial charge in [0.25, 0.3) is 0 Å². The molecule has 3 aromatic rings. The summed E-state index contributed by atoms with van der Waals surface area (Å²) >= 11 is 6.27. The number of fused-ring (bicyclic) bond motifs is 2. The van der Waals surface area contributed by atoms with E-state index in [1.165, 1.54) is 38.8 Å². The SMILES string of the molecule is CCCCN(CCCC)CC(C)(C)CNc1c2ccc(Cl)cc2nc2ccc(OC)cc12. The number of unbranched alkanes of at least 4 members (excludes halogenated alkanes) is 2. The molecule has 1 N–H and O–H groups in total. The van der Waals surface area contributed by atoms with Gasteiger partial charge in [0, 0.05) is 28.9 Å². The first-order chi connectivity index (χ1) is 15.4. The lowest BCUT2D eigenvalue weighted by Crippen LogP contribution is -2.39. The number of hydrogen-bond acceptors (Lipinski definition) is 4. The van der Waals surface area contributed by atoms with Crippen molar-refractivity contribution in [2.75, 3.05) is 38.6 Å². The van der Waals surface area contributed by atoms with Gasteiger partial charge >= 0.3 is 0 Å². The van der Waals surface area contributed by atoms with Gasteiger partial charge in [-0.1, -0.05) is 52.1 Å². The normalized spacial score (nSPS) is 12.1. The van der Waals surface area contributed by atoms with Gasteiger partial charge in [0.05, 0.1) is 23.8 Å². The Hall–Kier alpha value is -2.04. The van der Waals surface area contributed by atoms with Gasteiger partial charge < -0.3 is 15.0 Å². The summed E-state index contributed by atoms with van der Waals surface area (Å²) in [5, 5.41) is 6.65. The van der Waals surface area contributed by atoms with Gasteiger partial charge in [-0.2, -0.15) is 0 Å². The molecule has 4 nitrogen and oxygen atoms in total. The lowest BCUT2D eigenvalue weighted by atomic mass is 9.91. The van der Waals surface area contributed by atoms with E-state index in [4.69, 9.17) is 21.3 Å². The van der Waals surface area contributed by atoms with Gasteiger partial charge in [-0.05, 0) is 67.7 Å². The maximum atomic E-state index is 6.27. The summed E-state index contributed by atoms with van der Waals surface area (Å²) in [5.41, 5.74) is 3.06. The molecule has 2 aromatic carbocycles. The highest BCUT2D eigenvalue weighted by atomic mass is 35.5. The number of nitrogens with one attached hydrogen (secondary N) is 1. The third kappa shape index (κ3) is 6.26. The number of benzene rings is 2. The number of methoxy groups -OCH3 is 1. The fourth-order valence-corrected chi connectivity index (χ4v) is 4.40. The van der Waals surface area contributed by atoms with Crippen LogP contribution in [0.4, 0.5) is 5.69 Å². The number of nitrogens with zero attached hydrogens (tertiary/aromatic N) is 2. The molecular formula is C27H38ClN3O. The Morgan fingerprint density at radius 2 is 1.69 bits per heavy atom.